The molecule has 21 heavy (non-hydrogen) atoms. The molecule has 1 atom stereocenters. The number of likely N-dealkylation sites (tertiary alicyclic amines) is 1. The molecular formula is C15H19F3N2S. The maximum atomic E-state index is 12.4. The van der Waals surface area contributed by atoms with Crippen molar-refractivity contribution in [2.45, 2.75) is 42.4 Å². The number of alkyl halides is 3. The Morgan fingerprint density at radius 1 is 1.19 bits per heavy atom. The molecule has 1 saturated heterocycles. The maximum absolute atomic E-state index is 12.4. The minimum absolute atomic E-state index is 0.346. The summed E-state index contributed by atoms with van der Waals surface area (Å²) < 4.78 is 37.1. The fourth-order valence-electron chi connectivity index (χ4n) is 2.77. The quantitative estimate of drug-likeness (QED) is 0.827. The number of hydrogen-bond acceptors (Lipinski definition) is 3. The maximum Gasteiger partial charge on any atom is 0.398 e. The molecule has 2 nitrogen and oxygen atoms in total. The second-order valence-electron chi connectivity index (χ2n) is 5.76. The second kappa shape index (κ2) is 6.08. The van der Waals surface area contributed by atoms with Crippen molar-refractivity contribution in [3.8, 4) is 0 Å². The van der Waals surface area contributed by atoms with Crippen LogP contribution >= 0.6 is 11.8 Å². The van der Waals surface area contributed by atoms with E-state index in [9.17, 15) is 13.2 Å². The highest BCUT2D eigenvalue weighted by Gasteiger charge is 2.34. The van der Waals surface area contributed by atoms with Gasteiger partial charge in [0.2, 0.25) is 0 Å². The van der Waals surface area contributed by atoms with Gasteiger partial charge in [-0.3, -0.25) is 4.90 Å². The summed E-state index contributed by atoms with van der Waals surface area (Å²) in [6.45, 7) is 2.10. The number of halogens is 3. The van der Waals surface area contributed by atoms with Crippen LogP contribution < -0.4 is 5.32 Å². The molecule has 0 aromatic heterocycles. The van der Waals surface area contributed by atoms with E-state index in [1.807, 2.05) is 12.1 Å². The smallest absolute Gasteiger partial charge is 0.380 e. The zero-order valence-electron chi connectivity index (χ0n) is 11.7. The van der Waals surface area contributed by atoms with Crippen molar-refractivity contribution < 1.29 is 13.2 Å². The highest BCUT2D eigenvalue weighted by molar-refractivity contribution is 7.99. The van der Waals surface area contributed by atoms with Crippen molar-refractivity contribution in [1.82, 2.24) is 4.90 Å². The number of para-hydroxylation sites is 1. The van der Waals surface area contributed by atoms with Crippen LogP contribution in [-0.2, 0) is 0 Å². The molecular weight excluding hydrogens is 297 g/mol. The van der Waals surface area contributed by atoms with Gasteiger partial charge in [-0.2, -0.15) is 13.2 Å². The van der Waals surface area contributed by atoms with E-state index < -0.39 is 11.9 Å². The van der Waals surface area contributed by atoms with E-state index in [0.29, 0.717) is 10.9 Å². The Bertz CT molecular complexity index is 488. The van der Waals surface area contributed by atoms with Crippen LogP contribution in [0.5, 0.6) is 0 Å². The topological polar surface area (TPSA) is 15.3 Å². The number of rotatable bonds is 5. The number of thioether (sulfide) groups is 1. The van der Waals surface area contributed by atoms with Crippen LogP contribution in [0.1, 0.15) is 19.3 Å². The Morgan fingerprint density at radius 2 is 1.95 bits per heavy atom. The van der Waals surface area contributed by atoms with Gasteiger partial charge in [0.1, 0.15) is 0 Å². The highest BCUT2D eigenvalue weighted by Crippen LogP contribution is 2.34. The van der Waals surface area contributed by atoms with Crippen LogP contribution in [0.15, 0.2) is 29.2 Å². The summed E-state index contributed by atoms with van der Waals surface area (Å²) in [6.07, 6.45) is -0.474. The third-order valence-corrected chi connectivity index (χ3v) is 5.06. The summed E-state index contributed by atoms with van der Waals surface area (Å²) in [5.41, 5.74) is 0.828. The lowest BCUT2D eigenvalue weighted by Gasteiger charge is -2.19. The van der Waals surface area contributed by atoms with E-state index in [4.69, 9.17) is 0 Å². The summed E-state index contributed by atoms with van der Waals surface area (Å²) >= 11 is 0.856. The molecule has 6 heteroatoms. The van der Waals surface area contributed by atoms with Gasteiger partial charge in [0, 0.05) is 35.8 Å². The molecule has 1 aliphatic heterocycles. The van der Waals surface area contributed by atoms with Crippen LogP contribution in [0, 0.1) is 0 Å². The van der Waals surface area contributed by atoms with Crippen LogP contribution in [0.25, 0.3) is 0 Å². The first-order chi connectivity index (χ1) is 10.0. The van der Waals surface area contributed by atoms with Crippen molar-refractivity contribution in [2.75, 3.05) is 24.2 Å². The van der Waals surface area contributed by atoms with Gasteiger partial charge in [-0.15, -0.1) is 11.8 Å². The zero-order valence-corrected chi connectivity index (χ0v) is 12.5. The van der Waals surface area contributed by atoms with E-state index in [0.717, 1.165) is 43.0 Å². The van der Waals surface area contributed by atoms with Gasteiger partial charge in [-0.25, -0.2) is 0 Å². The summed E-state index contributed by atoms with van der Waals surface area (Å²) in [7, 11) is 0. The van der Waals surface area contributed by atoms with E-state index >= 15 is 0 Å². The molecule has 2 fully saturated rings. The average Bonchev–Trinajstić information content (AvgIpc) is 3.18. The van der Waals surface area contributed by atoms with Crippen molar-refractivity contribution in [3.63, 3.8) is 0 Å². The molecule has 1 saturated carbocycles. The highest BCUT2D eigenvalue weighted by atomic mass is 32.2. The second-order valence-corrected chi connectivity index (χ2v) is 6.77. The Hall–Kier alpha value is -0.880. The molecule has 1 heterocycles. The van der Waals surface area contributed by atoms with Crippen LogP contribution in [-0.4, -0.2) is 42.0 Å². The van der Waals surface area contributed by atoms with Crippen LogP contribution in [0.3, 0.4) is 0 Å². The van der Waals surface area contributed by atoms with Crippen molar-refractivity contribution in [3.05, 3.63) is 24.3 Å². The van der Waals surface area contributed by atoms with E-state index in [2.05, 4.69) is 10.2 Å². The molecule has 0 bridgehead atoms. The molecule has 116 valence electrons. The SMILES string of the molecule is FC(F)(F)CSc1ccccc1NC1CCN(C2CC2)C1. The van der Waals surface area contributed by atoms with E-state index in [-0.39, 0.29) is 0 Å². The molecule has 0 radical (unpaired) electrons. The lowest BCUT2D eigenvalue weighted by Crippen LogP contribution is -2.27. The zero-order chi connectivity index (χ0) is 14.9. The third kappa shape index (κ3) is 4.30. The Labute approximate surface area is 127 Å². The fraction of sp³-hybridized carbons (Fsp3) is 0.600. The molecule has 1 aromatic carbocycles. The molecule has 3 rings (SSSR count). The van der Waals surface area contributed by atoms with Crippen molar-refractivity contribution in [1.29, 1.82) is 0 Å². The molecule has 0 amide bonds. The number of anilines is 1. The van der Waals surface area contributed by atoms with E-state index in [1.165, 1.54) is 12.8 Å². The predicted molar refractivity (Wildman–Crippen MR) is 79.8 cm³/mol. The van der Waals surface area contributed by atoms with Crippen LogP contribution in [0.2, 0.25) is 0 Å². The number of nitrogens with one attached hydrogen (secondary N) is 1. The van der Waals surface area contributed by atoms with Gasteiger partial charge in [-0.05, 0) is 31.4 Å². The molecule has 1 N–H and O–H groups in total. The van der Waals surface area contributed by atoms with Crippen molar-refractivity contribution in [2.24, 2.45) is 0 Å². The minimum Gasteiger partial charge on any atom is -0.380 e. The lowest BCUT2D eigenvalue weighted by molar-refractivity contribution is -0.105. The Kier molecular flexibility index (Phi) is 4.36. The number of nitrogens with zero attached hydrogens (tertiary/aromatic N) is 1. The van der Waals surface area contributed by atoms with Gasteiger partial charge >= 0.3 is 6.18 Å². The number of hydrogen-bond donors (Lipinski definition) is 1. The third-order valence-electron chi connectivity index (χ3n) is 3.92. The minimum atomic E-state index is -4.13. The van der Waals surface area contributed by atoms with Gasteiger partial charge < -0.3 is 5.32 Å². The fourth-order valence-corrected chi connectivity index (χ4v) is 3.54. The van der Waals surface area contributed by atoms with Crippen molar-refractivity contribution >= 4 is 17.4 Å². The lowest BCUT2D eigenvalue weighted by atomic mass is 10.2. The summed E-state index contributed by atoms with van der Waals surface area (Å²) in [5.74, 6) is -0.843. The Morgan fingerprint density at radius 3 is 2.67 bits per heavy atom. The standard InChI is InChI=1S/C15H19F3N2S/c16-15(17,18)10-21-14-4-2-1-3-13(14)19-11-7-8-20(9-11)12-5-6-12/h1-4,11-12,19H,5-10H2. The Balaban J connectivity index is 1.59. The molecule has 1 unspecified atom stereocenters. The molecule has 1 aromatic rings. The molecule has 1 aliphatic carbocycles. The number of benzene rings is 1. The largest absolute Gasteiger partial charge is 0.398 e. The predicted octanol–water partition coefficient (Wildman–Crippen LogP) is 3.99. The van der Waals surface area contributed by atoms with E-state index in [1.54, 1.807) is 12.1 Å². The van der Waals surface area contributed by atoms with Crippen LogP contribution in [0.4, 0.5) is 18.9 Å². The molecule has 0 spiro atoms. The first kappa shape index (κ1) is 15.0. The van der Waals surface area contributed by atoms with Gasteiger partial charge in [0.05, 0.1) is 5.75 Å². The summed E-state index contributed by atoms with van der Waals surface area (Å²) in [4.78, 5) is 3.17. The average molecular weight is 316 g/mol. The van der Waals surface area contributed by atoms with Gasteiger partial charge in [0.15, 0.2) is 0 Å². The van der Waals surface area contributed by atoms with Gasteiger partial charge in [-0.1, -0.05) is 12.1 Å². The van der Waals surface area contributed by atoms with Gasteiger partial charge in [0.25, 0.3) is 0 Å². The summed E-state index contributed by atoms with van der Waals surface area (Å²) in [6, 6.07) is 8.39. The normalized spacial score (nSPS) is 23.5. The first-order valence-electron chi connectivity index (χ1n) is 7.30. The first-order valence-corrected chi connectivity index (χ1v) is 8.29. The molecule has 2 aliphatic rings. The monoisotopic (exact) mass is 316 g/mol. The summed E-state index contributed by atoms with van der Waals surface area (Å²) in [5, 5.41) is 3.43.